The van der Waals surface area contributed by atoms with Gasteiger partial charge in [0.05, 0.1) is 6.54 Å². The number of nitrogens with zero attached hydrogens (tertiary/aromatic N) is 1. The van der Waals surface area contributed by atoms with Crippen LogP contribution in [-0.2, 0) is 9.53 Å². The fourth-order valence-electron chi connectivity index (χ4n) is 2.23. The van der Waals surface area contributed by atoms with E-state index in [9.17, 15) is 4.79 Å². The summed E-state index contributed by atoms with van der Waals surface area (Å²) < 4.78 is 5.18. The van der Waals surface area contributed by atoms with Crippen LogP contribution < -0.4 is 0 Å². The number of fused-ring (bicyclic) bond motifs is 1. The molecule has 2 unspecified atom stereocenters. The molecule has 0 aromatic rings. The number of carbonyl (C=O) groups is 1. The molecule has 0 amide bonds. The van der Waals surface area contributed by atoms with Crippen molar-refractivity contribution in [2.24, 2.45) is 0 Å². The summed E-state index contributed by atoms with van der Waals surface area (Å²) in [5.41, 5.74) is 0. The number of morpholine rings is 1. The Hall–Kier alpha value is -0.570. The Kier molecular flexibility index (Phi) is 2.05. The lowest BCUT2D eigenvalue weighted by molar-refractivity contribution is -0.165. The molecule has 0 aliphatic carbocycles. The quantitative estimate of drug-likeness (QED) is 0.502. The molecule has 0 bridgehead atoms. The lowest BCUT2D eigenvalue weighted by Crippen LogP contribution is -2.54. The van der Waals surface area contributed by atoms with Crippen molar-refractivity contribution in [3.8, 4) is 0 Å². The predicted octanol–water partition coefficient (Wildman–Crippen LogP) is 0.786. The Morgan fingerprint density at radius 2 is 2.33 bits per heavy atom. The first-order valence-electron chi connectivity index (χ1n) is 4.71. The Morgan fingerprint density at radius 1 is 1.50 bits per heavy atom. The van der Waals surface area contributed by atoms with Gasteiger partial charge in [-0.1, -0.05) is 6.42 Å². The topological polar surface area (TPSA) is 29.5 Å². The summed E-state index contributed by atoms with van der Waals surface area (Å²) in [5.74, 6) is -0.0550. The minimum atomic E-state index is -0.0550. The Bertz CT molecular complexity index is 193. The van der Waals surface area contributed by atoms with Crippen molar-refractivity contribution in [3.05, 3.63) is 0 Å². The van der Waals surface area contributed by atoms with Crippen LogP contribution in [-0.4, -0.2) is 36.1 Å². The highest BCUT2D eigenvalue weighted by atomic mass is 16.5. The number of cyclic esters (lactones) is 1. The second kappa shape index (κ2) is 3.05. The van der Waals surface area contributed by atoms with Gasteiger partial charge < -0.3 is 4.74 Å². The first-order valence-corrected chi connectivity index (χ1v) is 4.71. The molecule has 0 saturated carbocycles. The third kappa shape index (κ3) is 1.33. The van der Waals surface area contributed by atoms with Crippen LogP contribution in [0.15, 0.2) is 0 Å². The monoisotopic (exact) mass is 169 g/mol. The van der Waals surface area contributed by atoms with Crippen LogP contribution in [0, 0.1) is 0 Å². The molecule has 2 rings (SSSR count). The predicted molar refractivity (Wildman–Crippen MR) is 44.8 cm³/mol. The van der Waals surface area contributed by atoms with Gasteiger partial charge in [-0.2, -0.15) is 0 Å². The van der Waals surface area contributed by atoms with Crippen molar-refractivity contribution in [1.82, 2.24) is 4.90 Å². The van der Waals surface area contributed by atoms with Gasteiger partial charge in [-0.3, -0.25) is 9.69 Å². The summed E-state index contributed by atoms with van der Waals surface area (Å²) >= 11 is 0. The fourth-order valence-corrected chi connectivity index (χ4v) is 2.23. The molecule has 12 heavy (non-hydrogen) atoms. The number of ether oxygens (including phenoxy) is 1. The Balaban J connectivity index is 2.06. The SMILES string of the molecule is CC1OC(=O)CN2CCCCC12. The van der Waals surface area contributed by atoms with Crippen LogP contribution in [0.25, 0.3) is 0 Å². The number of hydrogen-bond acceptors (Lipinski definition) is 3. The Morgan fingerprint density at radius 3 is 3.17 bits per heavy atom. The highest BCUT2D eigenvalue weighted by Gasteiger charge is 2.35. The molecule has 2 saturated heterocycles. The van der Waals surface area contributed by atoms with Gasteiger partial charge in [-0.25, -0.2) is 0 Å². The second-order valence-corrected chi connectivity index (χ2v) is 3.73. The highest BCUT2D eigenvalue weighted by molar-refractivity contribution is 5.72. The third-order valence-electron chi connectivity index (χ3n) is 2.86. The van der Waals surface area contributed by atoms with Crippen molar-refractivity contribution >= 4 is 5.97 Å². The molecular weight excluding hydrogens is 154 g/mol. The van der Waals surface area contributed by atoms with E-state index in [0.717, 1.165) is 6.54 Å². The highest BCUT2D eigenvalue weighted by Crippen LogP contribution is 2.24. The van der Waals surface area contributed by atoms with E-state index >= 15 is 0 Å². The van der Waals surface area contributed by atoms with Crippen molar-refractivity contribution in [2.75, 3.05) is 13.1 Å². The van der Waals surface area contributed by atoms with E-state index in [-0.39, 0.29) is 12.1 Å². The van der Waals surface area contributed by atoms with E-state index in [0.29, 0.717) is 12.6 Å². The fraction of sp³-hybridized carbons (Fsp3) is 0.889. The second-order valence-electron chi connectivity index (χ2n) is 3.73. The smallest absolute Gasteiger partial charge is 0.320 e. The first-order chi connectivity index (χ1) is 5.77. The zero-order valence-corrected chi connectivity index (χ0v) is 7.45. The average molecular weight is 169 g/mol. The van der Waals surface area contributed by atoms with Gasteiger partial charge in [0.25, 0.3) is 0 Å². The number of esters is 1. The zero-order chi connectivity index (χ0) is 8.55. The molecule has 0 N–H and O–H groups in total. The molecule has 2 aliphatic heterocycles. The normalized spacial score (nSPS) is 37.2. The third-order valence-corrected chi connectivity index (χ3v) is 2.86. The minimum absolute atomic E-state index is 0.0550. The summed E-state index contributed by atoms with van der Waals surface area (Å²) in [6.45, 7) is 3.58. The van der Waals surface area contributed by atoms with E-state index in [1.54, 1.807) is 0 Å². The molecule has 0 aromatic carbocycles. The lowest BCUT2D eigenvalue weighted by atomic mass is 9.97. The molecular formula is C9H15NO2. The van der Waals surface area contributed by atoms with Gasteiger partial charge in [-0.05, 0) is 26.3 Å². The van der Waals surface area contributed by atoms with Gasteiger partial charge >= 0.3 is 5.97 Å². The van der Waals surface area contributed by atoms with Crippen LogP contribution >= 0.6 is 0 Å². The number of piperidine rings is 1. The van der Waals surface area contributed by atoms with E-state index in [4.69, 9.17) is 4.74 Å². The molecule has 68 valence electrons. The van der Waals surface area contributed by atoms with E-state index < -0.39 is 0 Å². The molecule has 2 aliphatic rings. The van der Waals surface area contributed by atoms with Crippen molar-refractivity contribution in [1.29, 1.82) is 0 Å². The molecule has 2 heterocycles. The van der Waals surface area contributed by atoms with Crippen LogP contribution in [0.2, 0.25) is 0 Å². The maximum Gasteiger partial charge on any atom is 0.320 e. The Labute approximate surface area is 72.7 Å². The summed E-state index contributed by atoms with van der Waals surface area (Å²) in [4.78, 5) is 13.3. The number of rotatable bonds is 0. The molecule has 2 fully saturated rings. The maximum absolute atomic E-state index is 11.1. The molecule has 0 spiro atoms. The molecule has 3 nitrogen and oxygen atoms in total. The van der Waals surface area contributed by atoms with Crippen LogP contribution in [0.1, 0.15) is 26.2 Å². The van der Waals surface area contributed by atoms with Crippen LogP contribution in [0.4, 0.5) is 0 Å². The molecule has 0 aromatic heterocycles. The van der Waals surface area contributed by atoms with Gasteiger partial charge in [0.2, 0.25) is 0 Å². The summed E-state index contributed by atoms with van der Waals surface area (Å²) in [6.07, 6.45) is 3.81. The van der Waals surface area contributed by atoms with E-state index in [2.05, 4.69) is 4.90 Å². The standard InChI is InChI=1S/C9H15NO2/c1-7-8-4-2-3-5-10(8)6-9(11)12-7/h7-8H,2-6H2,1H3. The minimum Gasteiger partial charge on any atom is -0.460 e. The van der Waals surface area contributed by atoms with Crippen molar-refractivity contribution < 1.29 is 9.53 Å². The van der Waals surface area contributed by atoms with Crippen LogP contribution in [0.3, 0.4) is 0 Å². The average Bonchev–Trinajstić information content (AvgIpc) is 2.04. The van der Waals surface area contributed by atoms with E-state index in [1.165, 1.54) is 19.3 Å². The zero-order valence-electron chi connectivity index (χ0n) is 7.45. The van der Waals surface area contributed by atoms with Crippen LogP contribution in [0.5, 0.6) is 0 Å². The van der Waals surface area contributed by atoms with Gasteiger partial charge in [0.15, 0.2) is 0 Å². The lowest BCUT2D eigenvalue weighted by Gasteiger charge is -2.41. The van der Waals surface area contributed by atoms with E-state index in [1.807, 2.05) is 6.92 Å². The number of hydrogen-bond donors (Lipinski definition) is 0. The van der Waals surface area contributed by atoms with Crippen molar-refractivity contribution in [2.45, 2.75) is 38.3 Å². The molecule has 3 heteroatoms. The van der Waals surface area contributed by atoms with Crippen molar-refractivity contribution in [3.63, 3.8) is 0 Å². The maximum atomic E-state index is 11.1. The molecule has 0 radical (unpaired) electrons. The summed E-state index contributed by atoms with van der Waals surface area (Å²) in [5, 5.41) is 0. The summed E-state index contributed by atoms with van der Waals surface area (Å²) in [7, 11) is 0. The van der Waals surface area contributed by atoms with Gasteiger partial charge in [-0.15, -0.1) is 0 Å². The van der Waals surface area contributed by atoms with Gasteiger partial charge in [0.1, 0.15) is 6.10 Å². The summed E-state index contributed by atoms with van der Waals surface area (Å²) in [6, 6.07) is 0.497. The molecule has 2 atom stereocenters. The van der Waals surface area contributed by atoms with Gasteiger partial charge in [0, 0.05) is 6.04 Å². The largest absolute Gasteiger partial charge is 0.460 e. The first kappa shape index (κ1) is 8.05. The number of carbonyl (C=O) groups excluding carboxylic acids is 1.